The number of nitrogens with one attached hydrogen (secondary N) is 3. The number of amides is 1. The average Bonchev–Trinajstić information content (AvgIpc) is 3.07. The highest BCUT2D eigenvalue weighted by Crippen LogP contribution is 2.17. The Labute approximate surface area is 125 Å². The molecule has 8 nitrogen and oxygen atoms in total. The second-order valence-corrected chi connectivity index (χ2v) is 4.85. The number of aromatic amines is 2. The summed E-state index contributed by atoms with van der Waals surface area (Å²) in [6.07, 6.45) is 4.98. The maximum atomic E-state index is 12.2. The Morgan fingerprint density at radius 2 is 2.23 bits per heavy atom. The van der Waals surface area contributed by atoms with Crippen LogP contribution in [0.5, 0.6) is 0 Å². The molecule has 0 atom stereocenters. The number of imidazole rings is 1. The van der Waals surface area contributed by atoms with Gasteiger partial charge in [-0.3, -0.25) is 14.7 Å². The Balaban J connectivity index is 1.85. The first-order valence-electron chi connectivity index (χ1n) is 6.59. The van der Waals surface area contributed by atoms with Crippen molar-refractivity contribution in [1.29, 1.82) is 0 Å². The van der Waals surface area contributed by atoms with Gasteiger partial charge in [0.15, 0.2) is 11.6 Å². The van der Waals surface area contributed by atoms with Crippen LogP contribution in [0.25, 0.3) is 11.5 Å². The SMILES string of the molecule is Cc1cc[nH]c(=O)c1C(=O)Nc1cc(-c2nccn2C)[nH]n1. The molecule has 3 N–H and O–H groups in total. The van der Waals surface area contributed by atoms with Gasteiger partial charge in [0.25, 0.3) is 11.5 Å². The van der Waals surface area contributed by atoms with Gasteiger partial charge < -0.3 is 14.9 Å². The molecule has 3 aromatic rings. The fraction of sp³-hybridized carbons (Fsp3) is 0.143. The van der Waals surface area contributed by atoms with Crippen LogP contribution >= 0.6 is 0 Å². The minimum absolute atomic E-state index is 0.0732. The van der Waals surface area contributed by atoms with Gasteiger partial charge in [-0.2, -0.15) is 5.10 Å². The van der Waals surface area contributed by atoms with Crippen molar-refractivity contribution >= 4 is 11.7 Å². The Bertz CT molecular complexity index is 889. The lowest BCUT2D eigenvalue weighted by molar-refractivity contribution is 0.102. The summed E-state index contributed by atoms with van der Waals surface area (Å²) < 4.78 is 1.82. The van der Waals surface area contributed by atoms with E-state index in [0.29, 0.717) is 22.9 Å². The van der Waals surface area contributed by atoms with Crippen LogP contribution in [0.4, 0.5) is 5.82 Å². The van der Waals surface area contributed by atoms with Crippen molar-refractivity contribution in [3.8, 4) is 11.5 Å². The highest BCUT2D eigenvalue weighted by molar-refractivity contribution is 6.04. The number of hydrogen-bond acceptors (Lipinski definition) is 4. The molecular formula is C14H14N6O2. The number of H-pyrrole nitrogens is 2. The molecule has 1 amide bonds. The monoisotopic (exact) mass is 298 g/mol. The predicted molar refractivity (Wildman–Crippen MR) is 80.5 cm³/mol. The highest BCUT2D eigenvalue weighted by atomic mass is 16.2. The molecular weight excluding hydrogens is 284 g/mol. The standard InChI is InChI=1S/C14H14N6O2/c1-8-3-4-16-13(21)11(8)14(22)17-10-7-9(18-19-10)12-15-5-6-20(12)2/h3-7H,1-2H3,(H,16,21)(H2,17,18,19,22). The number of pyridine rings is 1. The first kappa shape index (κ1) is 13.8. The van der Waals surface area contributed by atoms with Gasteiger partial charge in [0, 0.05) is 31.7 Å². The first-order valence-corrected chi connectivity index (χ1v) is 6.59. The maximum absolute atomic E-state index is 12.2. The molecule has 0 radical (unpaired) electrons. The van der Waals surface area contributed by atoms with Crippen LogP contribution in [0.1, 0.15) is 15.9 Å². The van der Waals surface area contributed by atoms with E-state index in [2.05, 4.69) is 25.5 Å². The highest BCUT2D eigenvalue weighted by Gasteiger charge is 2.15. The molecule has 0 bridgehead atoms. The Hall–Kier alpha value is -3.16. The van der Waals surface area contributed by atoms with E-state index in [4.69, 9.17) is 0 Å². The first-order chi connectivity index (χ1) is 10.6. The van der Waals surface area contributed by atoms with Crippen molar-refractivity contribution in [1.82, 2.24) is 24.7 Å². The van der Waals surface area contributed by atoms with Crippen molar-refractivity contribution in [2.24, 2.45) is 7.05 Å². The molecule has 0 unspecified atom stereocenters. The maximum Gasteiger partial charge on any atom is 0.262 e. The second-order valence-electron chi connectivity index (χ2n) is 4.85. The molecule has 3 heterocycles. The summed E-state index contributed by atoms with van der Waals surface area (Å²) in [4.78, 5) is 30.6. The van der Waals surface area contributed by atoms with Crippen LogP contribution in [0.3, 0.4) is 0 Å². The lowest BCUT2D eigenvalue weighted by Crippen LogP contribution is -2.24. The van der Waals surface area contributed by atoms with Gasteiger partial charge in [0.2, 0.25) is 0 Å². The van der Waals surface area contributed by atoms with E-state index in [1.165, 1.54) is 6.20 Å². The third-order valence-corrected chi connectivity index (χ3v) is 3.28. The van der Waals surface area contributed by atoms with Crippen LogP contribution in [0.2, 0.25) is 0 Å². The van der Waals surface area contributed by atoms with Gasteiger partial charge in [0.05, 0.1) is 0 Å². The Morgan fingerprint density at radius 3 is 2.91 bits per heavy atom. The number of aryl methyl sites for hydroxylation is 2. The van der Waals surface area contributed by atoms with Crippen molar-refractivity contribution < 1.29 is 4.79 Å². The minimum Gasteiger partial charge on any atom is -0.333 e. The van der Waals surface area contributed by atoms with E-state index in [1.807, 2.05) is 11.6 Å². The summed E-state index contributed by atoms with van der Waals surface area (Å²) in [7, 11) is 1.86. The summed E-state index contributed by atoms with van der Waals surface area (Å²) in [5.41, 5.74) is 0.906. The average molecular weight is 298 g/mol. The molecule has 3 rings (SSSR count). The number of hydrogen-bond donors (Lipinski definition) is 3. The molecule has 0 aliphatic rings. The zero-order valence-corrected chi connectivity index (χ0v) is 12.0. The predicted octanol–water partition coefficient (Wildman–Crippen LogP) is 1.06. The third-order valence-electron chi connectivity index (χ3n) is 3.28. The van der Waals surface area contributed by atoms with Crippen molar-refractivity contribution in [2.45, 2.75) is 6.92 Å². The largest absolute Gasteiger partial charge is 0.333 e. The van der Waals surface area contributed by atoms with Crippen LogP contribution < -0.4 is 10.9 Å². The molecule has 0 aliphatic heterocycles. The molecule has 112 valence electrons. The van der Waals surface area contributed by atoms with Crippen molar-refractivity contribution in [3.05, 3.63) is 52.2 Å². The molecule has 3 aromatic heterocycles. The number of carbonyl (C=O) groups is 1. The molecule has 0 aromatic carbocycles. The van der Waals surface area contributed by atoms with Gasteiger partial charge in [-0.15, -0.1) is 0 Å². The number of carbonyl (C=O) groups excluding carboxylic acids is 1. The lowest BCUT2D eigenvalue weighted by Gasteiger charge is -2.03. The van der Waals surface area contributed by atoms with Gasteiger partial charge in [-0.25, -0.2) is 4.98 Å². The number of nitrogens with zero attached hydrogens (tertiary/aromatic N) is 3. The van der Waals surface area contributed by atoms with Gasteiger partial charge in [-0.1, -0.05) is 0 Å². The van der Waals surface area contributed by atoms with Crippen LogP contribution in [-0.2, 0) is 7.05 Å². The summed E-state index contributed by atoms with van der Waals surface area (Å²) in [6.45, 7) is 1.70. The molecule has 0 fully saturated rings. The van der Waals surface area contributed by atoms with E-state index in [0.717, 1.165) is 0 Å². The summed E-state index contributed by atoms with van der Waals surface area (Å²) in [6, 6.07) is 3.33. The van der Waals surface area contributed by atoms with Crippen molar-refractivity contribution in [3.63, 3.8) is 0 Å². The zero-order chi connectivity index (χ0) is 15.7. The molecule has 8 heteroatoms. The molecule has 0 spiro atoms. The summed E-state index contributed by atoms with van der Waals surface area (Å²) in [5.74, 6) is 0.518. The summed E-state index contributed by atoms with van der Waals surface area (Å²) >= 11 is 0. The molecule has 0 saturated heterocycles. The minimum atomic E-state index is -0.503. The normalized spacial score (nSPS) is 10.6. The second kappa shape index (κ2) is 5.32. The molecule has 0 saturated carbocycles. The third kappa shape index (κ3) is 2.41. The van der Waals surface area contributed by atoms with E-state index in [1.54, 1.807) is 31.5 Å². The molecule has 22 heavy (non-hydrogen) atoms. The smallest absolute Gasteiger partial charge is 0.262 e. The quantitative estimate of drug-likeness (QED) is 0.671. The number of rotatable bonds is 3. The molecule has 0 aliphatic carbocycles. The van der Waals surface area contributed by atoms with Crippen molar-refractivity contribution in [2.75, 3.05) is 5.32 Å². The lowest BCUT2D eigenvalue weighted by atomic mass is 10.1. The van der Waals surface area contributed by atoms with E-state index < -0.39 is 11.5 Å². The van der Waals surface area contributed by atoms with E-state index in [9.17, 15) is 9.59 Å². The Morgan fingerprint density at radius 1 is 1.41 bits per heavy atom. The van der Waals surface area contributed by atoms with Crippen LogP contribution in [0, 0.1) is 6.92 Å². The van der Waals surface area contributed by atoms with Crippen LogP contribution in [-0.4, -0.2) is 30.6 Å². The van der Waals surface area contributed by atoms with Gasteiger partial charge in [0.1, 0.15) is 11.3 Å². The summed E-state index contributed by atoms with van der Waals surface area (Å²) in [5, 5.41) is 9.42. The zero-order valence-electron chi connectivity index (χ0n) is 12.0. The fourth-order valence-corrected chi connectivity index (χ4v) is 2.16. The van der Waals surface area contributed by atoms with E-state index >= 15 is 0 Å². The van der Waals surface area contributed by atoms with E-state index in [-0.39, 0.29) is 5.56 Å². The Kier molecular flexibility index (Phi) is 3.34. The number of aromatic nitrogens is 5. The van der Waals surface area contributed by atoms with Crippen LogP contribution in [0.15, 0.2) is 35.5 Å². The topological polar surface area (TPSA) is 108 Å². The van der Waals surface area contributed by atoms with Gasteiger partial charge >= 0.3 is 0 Å². The fourth-order valence-electron chi connectivity index (χ4n) is 2.16. The number of anilines is 1. The van der Waals surface area contributed by atoms with Gasteiger partial charge in [-0.05, 0) is 18.6 Å².